The Bertz CT molecular complexity index is 654. The highest BCUT2D eigenvalue weighted by molar-refractivity contribution is 5.83. The summed E-state index contributed by atoms with van der Waals surface area (Å²) in [4.78, 5) is 12.2. The number of hydrogen-bond acceptors (Lipinski definition) is 4. The fourth-order valence-corrected chi connectivity index (χ4v) is 2.88. The smallest absolute Gasteiger partial charge is 0.240 e. The van der Waals surface area contributed by atoms with Gasteiger partial charge in [-0.1, -0.05) is 18.2 Å². The fraction of sp³-hybridized carbons (Fsp3) is 0.438. The number of hydrogen-bond donors (Lipinski definition) is 3. The molecule has 3 rings (SSSR count). The van der Waals surface area contributed by atoms with E-state index in [0.717, 1.165) is 10.9 Å². The summed E-state index contributed by atoms with van der Waals surface area (Å²) in [7, 11) is 0. The van der Waals surface area contributed by atoms with Gasteiger partial charge in [0.2, 0.25) is 5.91 Å². The summed E-state index contributed by atoms with van der Waals surface area (Å²) < 4.78 is 7.13. The number of aromatic nitrogens is 1. The van der Waals surface area contributed by atoms with Crippen molar-refractivity contribution in [1.82, 2.24) is 9.88 Å². The van der Waals surface area contributed by atoms with E-state index in [0.29, 0.717) is 13.0 Å². The van der Waals surface area contributed by atoms with Crippen molar-refractivity contribution in [3.63, 3.8) is 0 Å². The van der Waals surface area contributed by atoms with Gasteiger partial charge in [0.25, 0.3) is 0 Å². The van der Waals surface area contributed by atoms with E-state index in [1.165, 1.54) is 0 Å². The average molecular weight is 304 g/mol. The molecule has 1 aliphatic heterocycles. The van der Waals surface area contributed by atoms with Gasteiger partial charge in [-0.15, -0.1) is 0 Å². The normalized spacial score (nSPS) is 25.3. The van der Waals surface area contributed by atoms with Crippen molar-refractivity contribution < 1.29 is 19.7 Å². The second kappa shape index (κ2) is 6.48. The molecule has 0 bridgehead atoms. The van der Waals surface area contributed by atoms with Gasteiger partial charge in [0, 0.05) is 18.3 Å². The number of carbonyl (C=O) groups is 1. The second-order valence-corrected chi connectivity index (χ2v) is 5.55. The van der Waals surface area contributed by atoms with Crippen molar-refractivity contribution in [1.29, 1.82) is 0 Å². The quantitative estimate of drug-likeness (QED) is 0.757. The predicted octanol–water partition coefficient (Wildman–Crippen LogP) is 0.268. The van der Waals surface area contributed by atoms with E-state index in [1.807, 2.05) is 41.1 Å². The van der Waals surface area contributed by atoms with E-state index in [4.69, 9.17) is 9.84 Å². The maximum Gasteiger partial charge on any atom is 0.240 e. The molecule has 0 aliphatic carbocycles. The molecule has 118 valence electrons. The highest BCUT2D eigenvalue weighted by atomic mass is 16.5. The lowest BCUT2D eigenvalue weighted by atomic mass is 10.00. The number of rotatable bonds is 4. The monoisotopic (exact) mass is 304 g/mol. The Balaban J connectivity index is 1.65. The van der Waals surface area contributed by atoms with Crippen molar-refractivity contribution in [2.24, 2.45) is 0 Å². The van der Waals surface area contributed by atoms with Gasteiger partial charge < -0.3 is 24.8 Å². The van der Waals surface area contributed by atoms with E-state index in [-0.39, 0.29) is 25.1 Å². The number of fused-ring (bicyclic) bond motifs is 1. The third-order valence-electron chi connectivity index (χ3n) is 4.07. The van der Waals surface area contributed by atoms with Crippen LogP contribution in [0.5, 0.6) is 0 Å². The molecule has 1 aliphatic rings. The zero-order valence-electron chi connectivity index (χ0n) is 12.2. The number of nitrogens with zero attached hydrogens (tertiary/aromatic N) is 1. The largest absolute Gasteiger partial charge is 0.394 e. The van der Waals surface area contributed by atoms with Gasteiger partial charge in [0.1, 0.15) is 18.8 Å². The zero-order chi connectivity index (χ0) is 15.5. The van der Waals surface area contributed by atoms with E-state index in [2.05, 4.69) is 5.32 Å². The topological polar surface area (TPSA) is 83.7 Å². The standard InChI is InChI=1S/C16H20N2O4/c19-10-14-16(21)12(6-8-22-14)17-15(20)9-18-7-5-11-3-1-2-4-13(11)18/h1-5,7,12,14,16,19,21H,6,8-10H2,(H,17,20)/t12-,14+,16-/m0/s1. The molecule has 6 heteroatoms. The molecule has 1 aromatic carbocycles. The molecule has 1 fully saturated rings. The molecule has 1 aromatic heterocycles. The molecule has 0 saturated carbocycles. The Morgan fingerprint density at radius 1 is 1.36 bits per heavy atom. The maximum atomic E-state index is 12.2. The van der Waals surface area contributed by atoms with Gasteiger partial charge in [0.05, 0.1) is 12.6 Å². The van der Waals surface area contributed by atoms with Crippen LogP contribution in [0.25, 0.3) is 10.9 Å². The van der Waals surface area contributed by atoms with Crippen LogP contribution in [0, 0.1) is 0 Å². The lowest BCUT2D eigenvalue weighted by Gasteiger charge is -2.34. The molecule has 3 N–H and O–H groups in total. The van der Waals surface area contributed by atoms with Crippen LogP contribution < -0.4 is 5.32 Å². The van der Waals surface area contributed by atoms with Crippen LogP contribution in [-0.2, 0) is 16.1 Å². The van der Waals surface area contributed by atoms with Crippen LogP contribution in [0.4, 0.5) is 0 Å². The Kier molecular flexibility index (Phi) is 4.42. The number of amides is 1. The van der Waals surface area contributed by atoms with E-state index < -0.39 is 12.2 Å². The molecule has 0 radical (unpaired) electrons. The minimum atomic E-state index is -0.885. The fourth-order valence-electron chi connectivity index (χ4n) is 2.88. The van der Waals surface area contributed by atoms with Gasteiger partial charge in [0.15, 0.2) is 0 Å². The molecule has 2 aromatic rings. The predicted molar refractivity (Wildman–Crippen MR) is 81.3 cm³/mol. The summed E-state index contributed by atoms with van der Waals surface area (Å²) >= 11 is 0. The van der Waals surface area contributed by atoms with Crippen molar-refractivity contribution in [2.45, 2.75) is 31.2 Å². The molecule has 3 atom stereocenters. The van der Waals surface area contributed by atoms with Crippen LogP contribution in [0.15, 0.2) is 36.5 Å². The first kappa shape index (κ1) is 15.0. The Morgan fingerprint density at radius 3 is 3.00 bits per heavy atom. The number of carbonyl (C=O) groups excluding carboxylic acids is 1. The van der Waals surface area contributed by atoms with Gasteiger partial charge >= 0.3 is 0 Å². The third kappa shape index (κ3) is 2.99. The van der Waals surface area contributed by atoms with Crippen LogP contribution in [0.2, 0.25) is 0 Å². The first-order valence-corrected chi connectivity index (χ1v) is 7.43. The Morgan fingerprint density at radius 2 is 2.18 bits per heavy atom. The number of aliphatic hydroxyl groups is 2. The maximum absolute atomic E-state index is 12.2. The van der Waals surface area contributed by atoms with Crippen LogP contribution in [0.3, 0.4) is 0 Å². The van der Waals surface area contributed by atoms with Crippen LogP contribution in [0.1, 0.15) is 6.42 Å². The summed E-state index contributed by atoms with van der Waals surface area (Å²) in [6.07, 6.45) is 0.896. The summed E-state index contributed by atoms with van der Waals surface area (Å²) in [5, 5.41) is 23.1. The molecule has 22 heavy (non-hydrogen) atoms. The first-order chi connectivity index (χ1) is 10.7. The summed E-state index contributed by atoms with van der Waals surface area (Å²) in [5.74, 6) is -0.163. The van der Waals surface area contributed by atoms with E-state index in [9.17, 15) is 9.90 Å². The Hall–Kier alpha value is -1.89. The van der Waals surface area contributed by atoms with Crippen LogP contribution in [-0.4, -0.2) is 52.2 Å². The zero-order valence-corrected chi connectivity index (χ0v) is 12.2. The van der Waals surface area contributed by atoms with Crippen molar-refractivity contribution in [3.8, 4) is 0 Å². The molecule has 2 heterocycles. The highest BCUT2D eigenvalue weighted by Crippen LogP contribution is 2.16. The molecule has 0 spiro atoms. The number of benzene rings is 1. The molecule has 0 unspecified atom stereocenters. The lowest BCUT2D eigenvalue weighted by Crippen LogP contribution is -2.54. The number of aliphatic hydroxyl groups excluding tert-OH is 2. The van der Waals surface area contributed by atoms with Crippen LogP contribution >= 0.6 is 0 Å². The van der Waals surface area contributed by atoms with Gasteiger partial charge in [-0.2, -0.15) is 0 Å². The highest BCUT2D eigenvalue weighted by Gasteiger charge is 2.33. The van der Waals surface area contributed by atoms with Crippen molar-refractivity contribution >= 4 is 16.8 Å². The number of para-hydroxylation sites is 1. The first-order valence-electron chi connectivity index (χ1n) is 7.43. The Labute approximate surface area is 128 Å². The minimum Gasteiger partial charge on any atom is -0.394 e. The lowest BCUT2D eigenvalue weighted by molar-refractivity contribution is -0.132. The SMILES string of the molecule is O=C(Cn1ccc2ccccc21)N[C@H]1CCO[C@H](CO)[C@H]1O. The summed E-state index contributed by atoms with van der Waals surface area (Å²) in [6, 6.07) is 9.43. The molecule has 1 amide bonds. The molecular weight excluding hydrogens is 284 g/mol. The average Bonchev–Trinajstić information content (AvgIpc) is 2.93. The summed E-state index contributed by atoms with van der Waals surface area (Å²) in [5.41, 5.74) is 0.999. The molecule has 1 saturated heterocycles. The van der Waals surface area contributed by atoms with E-state index >= 15 is 0 Å². The number of nitrogens with one attached hydrogen (secondary N) is 1. The summed E-state index contributed by atoms with van der Waals surface area (Å²) in [6.45, 7) is 0.358. The molecular formula is C16H20N2O4. The third-order valence-corrected chi connectivity index (χ3v) is 4.07. The van der Waals surface area contributed by atoms with Crippen molar-refractivity contribution in [2.75, 3.05) is 13.2 Å². The van der Waals surface area contributed by atoms with Gasteiger partial charge in [-0.05, 0) is 23.9 Å². The second-order valence-electron chi connectivity index (χ2n) is 5.55. The van der Waals surface area contributed by atoms with Gasteiger partial charge in [-0.3, -0.25) is 4.79 Å². The van der Waals surface area contributed by atoms with E-state index in [1.54, 1.807) is 0 Å². The minimum absolute atomic E-state index is 0.163. The van der Waals surface area contributed by atoms with Crippen molar-refractivity contribution in [3.05, 3.63) is 36.5 Å². The molecule has 6 nitrogen and oxygen atoms in total. The number of ether oxygens (including phenoxy) is 1. The van der Waals surface area contributed by atoms with Gasteiger partial charge in [-0.25, -0.2) is 0 Å².